The van der Waals surface area contributed by atoms with Gasteiger partial charge in [0.25, 0.3) is 11.8 Å². The van der Waals surface area contributed by atoms with Crippen molar-refractivity contribution in [2.45, 2.75) is 13.8 Å². The summed E-state index contributed by atoms with van der Waals surface area (Å²) in [5.41, 5.74) is 2.70. The van der Waals surface area contributed by atoms with Crippen molar-refractivity contribution in [1.29, 1.82) is 0 Å². The predicted molar refractivity (Wildman–Crippen MR) is 101 cm³/mol. The second kappa shape index (κ2) is 9.22. The zero-order chi connectivity index (χ0) is 18.2. The highest BCUT2D eigenvalue weighted by Crippen LogP contribution is 2.18. The van der Waals surface area contributed by atoms with Crippen LogP contribution in [0.2, 0.25) is 0 Å². The van der Waals surface area contributed by atoms with Crippen molar-refractivity contribution in [3.8, 4) is 5.75 Å². The SMILES string of the molecule is Cc1ccc(OCC(=O)NCCNC(=O)c2ccccc2Br)c(C)c1. The van der Waals surface area contributed by atoms with Crippen molar-refractivity contribution < 1.29 is 14.3 Å². The summed E-state index contributed by atoms with van der Waals surface area (Å²) in [5, 5.41) is 5.47. The summed E-state index contributed by atoms with van der Waals surface area (Å²) in [6.07, 6.45) is 0. The van der Waals surface area contributed by atoms with Crippen LogP contribution in [-0.4, -0.2) is 31.5 Å². The van der Waals surface area contributed by atoms with Crippen molar-refractivity contribution in [1.82, 2.24) is 10.6 Å². The summed E-state index contributed by atoms with van der Waals surface area (Å²) < 4.78 is 6.25. The molecule has 0 aliphatic carbocycles. The Balaban J connectivity index is 1.68. The Morgan fingerprint density at radius 2 is 1.76 bits per heavy atom. The van der Waals surface area contributed by atoms with Gasteiger partial charge in [-0.25, -0.2) is 0 Å². The minimum Gasteiger partial charge on any atom is -0.484 e. The number of ether oxygens (including phenoxy) is 1. The van der Waals surface area contributed by atoms with E-state index in [0.29, 0.717) is 24.4 Å². The number of rotatable bonds is 7. The van der Waals surface area contributed by atoms with Crippen LogP contribution in [0.25, 0.3) is 0 Å². The maximum atomic E-state index is 12.0. The van der Waals surface area contributed by atoms with Gasteiger partial charge in [0.1, 0.15) is 5.75 Å². The second-order valence-electron chi connectivity index (χ2n) is 5.64. The molecule has 2 N–H and O–H groups in total. The number of hydrogen-bond acceptors (Lipinski definition) is 3. The lowest BCUT2D eigenvalue weighted by Crippen LogP contribution is -2.36. The fraction of sp³-hybridized carbons (Fsp3) is 0.263. The lowest BCUT2D eigenvalue weighted by Gasteiger charge is -2.11. The molecule has 2 amide bonds. The second-order valence-corrected chi connectivity index (χ2v) is 6.50. The Kier molecular flexibility index (Phi) is 7.01. The molecular weight excluding hydrogens is 384 g/mol. The lowest BCUT2D eigenvalue weighted by molar-refractivity contribution is -0.123. The van der Waals surface area contributed by atoms with Crippen LogP contribution in [-0.2, 0) is 4.79 Å². The van der Waals surface area contributed by atoms with Gasteiger partial charge in [0, 0.05) is 17.6 Å². The van der Waals surface area contributed by atoms with E-state index >= 15 is 0 Å². The Bertz CT molecular complexity index is 762. The molecule has 6 heteroatoms. The summed E-state index contributed by atoms with van der Waals surface area (Å²) in [5.74, 6) is 0.284. The smallest absolute Gasteiger partial charge is 0.258 e. The first kappa shape index (κ1) is 19.0. The van der Waals surface area contributed by atoms with Crippen LogP contribution in [0, 0.1) is 13.8 Å². The van der Waals surface area contributed by atoms with E-state index in [1.54, 1.807) is 18.2 Å². The van der Waals surface area contributed by atoms with Gasteiger partial charge >= 0.3 is 0 Å². The van der Waals surface area contributed by atoms with Crippen molar-refractivity contribution in [2.24, 2.45) is 0 Å². The average Bonchev–Trinajstić information content (AvgIpc) is 2.58. The van der Waals surface area contributed by atoms with Crippen molar-refractivity contribution >= 4 is 27.7 Å². The fourth-order valence-corrected chi connectivity index (χ4v) is 2.74. The number of hydrogen-bond donors (Lipinski definition) is 2. The molecule has 2 aromatic rings. The van der Waals surface area contributed by atoms with Crippen LogP contribution in [0.4, 0.5) is 0 Å². The zero-order valence-electron chi connectivity index (χ0n) is 14.3. The predicted octanol–water partition coefficient (Wildman–Crippen LogP) is 2.99. The number of carbonyl (C=O) groups excluding carboxylic acids is 2. The van der Waals surface area contributed by atoms with Gasteiger partial charge in [-0.1, -0.05) is 29.8 Å². The zero-order valence-corrected chi connectivity index (χ0v) is 15.9. The maximum Gasteiger partial charge on any atom is 0.258 e. The number of amides is 2. The van der Waals surface area contributed by atoms with E-state index in [1.165, 1.54) is 0 Å². The van der Waals surface area contributed by atoms with E-state index in [4.69, 9.17) is 4.74 Å². The number of halogens is 1. The summed E-state index contributed by atoms with van der Waals surface area (Å²) in [7, 11) is 0. The van der Waals surface area contributed by atoms with Gasteiger partial charge in [0.15, 0.2) is 6.61 Å². The number of nitrogens with one attached hydrogen (secondary N) is 2. The summed E-state index contributed by atoms with van der Waals surface area (Å²) in [6.45, 7) is 4.58. The first-order valence-corrected chi connectivity index (χ1v) is 8.76. The minimum absolute atomic E-state index is 0.0535. The highest BCUT2D eigenvalue weighted by atomic mass is 79.9. The number of carbonyl (C=O) groups is 2. The molecule has 25 heavy (non-hydrogen) atoms. The normalized spacial score (nSPS) is 10.2. The van der Waals surface area contributed by atoms with Gasteiger partial charge in [0.2, 0.25) is 0 Å². The first-order valence-electron chi connectivity index (χ1n) is 7.97. The highest BCUT2D eigenvalue weighted by molar-refractivity contribution is 9.10. The molecule has 2 rings (SSSR count). The molecule has 0 radical (unpaired) electrons. The Hall–Kier alpha value is -2.34. The van der Waals surface area contributed by atoms with E-state index in [2.05, 4.69) is 26.6 Å². The number of benzene rings is 2. The van der Waals surface area contributed by atoms with E-state index in [1.807, 2.05) is 38.1 Å². The molecule has 0 aliphatic heterocycles. The molecule has 0 fully saturated rings. The molecule has 0 unspecified atom stereocenters. The summed E-state index contributed by atoms with van der Waals surface area (Å²) >= 11 is 3.33. The Morgan fingerprint density at radius 1 is 1.04 bits per heavy atom. The van der Waals surface area contributed by atoms with Crippen LogP contribution in [0.5, 0.6) is 5.75 Å². The molecule has 0 aromatic heterocycles. The highest BCUT2D eigenvalue weighted by Gasteiger charge is 2.09. The fourth-order valence-electron chi connectivity index (χ4n) is 2.27. The topological polar surface area (TPSA) is 67.4 Å². The molecule has 0 atom stereocenters. The van der Waals surface area contributed by atoms with Gasteiger partial charge < -0.3 is 15.4 Å². The van der Waals surface area contributed by atoms with Crippen LogP contribution >= 0.6 is 15.9 Å². The largest absolute Gasteiger partial charge is 0.484 e. The van der Waals surface area contributed by atoms with Gasteiger partial charge in [-0.3, -0.25) is 9.59 Å². The molecule has 0 saturated carbocycles. The summed E-state index contributed by atoms with van der Waals surface area (Å²) in [6, 6.07) is 13.0. The van der Waals surface area contributed by atoms with E-state index in [-0.39, 0.29) is 18.4 Å². The molecule has 0 spiro atoms. The van der Waals surface area contributed by atoms with Crippen LogP contribution in [0.15, 0.2) is 46.9 Å². The third kappa shape index (κ3) is 5.90. The average molecular weight is 405 g/mol. The van der Waals surface area contributed by atoms with Crippen molar-refractivity contribution in [3.05, 3.63) is 63.6 Å². The molecule has 5 nitrogen and oxygen atoms in total. The first-order chi connectivity index (χ1) is 12.0. The van der Waals surface area contributed by atoms with Crippen LogP contribution in [0.1, 0.15) is 21.5 Å². The van der Waals surface area contributed by atoms with E-state index in [0.717, 1.165) is 15.6 Å². The van der Waals surface area contributed by atoms with Crippen LogP contribution in [0.3, 0.4) is 0 Å². The quantitative estimate of drug-likeness (QED) is 0.696. The van der Waals surface area contributed by atoms with Gasteiger partial charge in [-0.05, 0) is 53.5 Å². The Morgan fingerprint density at radius 3 is 2.48 bits per heavy atom. The maximum absolute atomic E-state index is 12.0. The molecule has 0 bridgehead atoms. The molecular formula is C19H21BrN2O3. The third-order valence-corrected chi connectivity index (χ3v) is 4.23. The van der Waals surface area contributed by atoms with E-state index in [9.17, 15) is 9.59 Å². The molecule has 0 heterocycles. The molecule has 0 saturated heterocycles. The molecule has 132 valence electrons. The lowest BCUT2D eigenvalue weighted by atomic mass is 10.1. The summed E-state index contributed by atoms with van der Waals surface area (Å²) in [4.78, 5) is 23.8. The van der Waals surface area contributed by atoms with Crippen molar-refractivity contribution in [3.63, 3.8) is 0 Å². The van der Waals surface area contributed by atoms with Crippen LogP contribution < -0.4 is 15.4 Å². The van der Waals surface area contributed by atoms with Gasteiger partial charge in [0.05, 0.1) is 5.56 Å². The molecule has 2 aromatic carbocycles. The Labute approximate surface area is 155 Å². The van der Waals surface area contributed by atoms with Crippen molar-refractivity contribution in [2.75, 3.05) is 19.7 Å². The van der Waals surface area contributed by atoms with Gasteiger partial charge in [-0.2, -0.15) is 0 Å². The van der Waals surface area contributed by atoms with E-state index < -0.39 is 0 Å². The number of aryl methyl sites for hydroxylation is 2. The van der Waals surface area contributed by atoms with Gasteiger partial charge in [-0.15, -0.1) is 0 Å². The minimum atomic E-state index is -0.227. The molecule has 0 aliphatic rings. The monoisotopic (exact) mass is 404 g/mol. The third-order valence-electron chi connectivity index (χ3n) is 3.54. The standard InChI is InChI=1S/C19H21BrN2O3/c1-13-7-8-17(14(2)11-13)25-12-18(23)21-9-10-22-19(24)15-5-3-4-6-16(15)20/h3-8,11H,9-10,12H2,1-2H3,(H,21,23)(H,22,24).